The minimum atomic E-state index is 0.349. The van der Waals surface area contributed by atoms with Crippen molar-refractivity contribution >= 4 is 0 Å². The van der Waals surface area contributed by atoms with Crippen molar-refractivity contribution in [1.29, 1.82) is 0 Å². The van der Waals surface area contributed by atoms with Crippen LogP contribution in [0.2, 0.25) is 0 Å². The summed E-state index contributed by atoms with van der Waals surface area (Å²) < 4.78 is 0. The van der Waals surface area contributed by atoms with E-state index in [9.17, 15) is 0 Å². The topological polar surface area (TPSA) is 29.3 Å². The molecule has 0 amide bonds. The monoisotopic (exact) mass is 238 g/mol. The van der Waals surface area contributed by atoms with E-state index in [4.69, 9.17) is 5.73 Å². The highest BCUT2D eigenvalue weighted by molar-refractivity contribution is 4.88. The molecule has 0 bridgehead atoms. The number of nitrogens with two attached hydrogens (primary N) is 1. The molecule has 0 spiro atoms. The largest absolute Gasteiger partial charge is 0.330 e. The molecule has 1 heterocycles. The van der Waals surface area contributed by atoms with Gasteiger partial charge in [-0.15, -0.1) is 0 Å². The van der Waals surface area contributed by atoms with Gasteiger partial charge < -0.3 is 10.6 Å². The molecule has 2 atom stereocenters. The van der Waals surface area contributed by atoms with Crippen molar-refractivity contribution < 1.29 is 0 Å². The minimum Gasteiger partial charge on any atom is -0.330 e. The first kappa shape index (κ1) is 13.4. The number of hydrogen-bond acceptors (Lipinski definition) is 2. The number of fused-ring (bicyclic) bond motifs is 1. The molecule has 1 saturated carbocycles. The lowest BCUT2D eigenvalue weighted by Crippen LogP contribution is -2.25. The van der Waals surface area contributed by atoms with E-state index in [1.165, 1.54) is 58.2 Å². The highest BCUT2D eigenvalue weighted by atomic mass is 15.2. The third-order valence-electron chi connectivity index (χ3n) is 4.93. The first-order valence-corrected chi connectivity index (χ1v) is 7.53. The van der Waals surface area contributed by atoms with Crippen LogP contribution in [0.4, 0.5) is 0 Å². The number of nitrogens with zero attached hydrogens (tertiary/aromatic N) is 1. The van der Waals surface area contributed by atoms with Crippen LogP contribution < -0.4 is 5.73 Å². The maximum absolute atomic E-state index is 5.76. The molecule has 0 aromatic rings. The van der Waals surface area contributed by atoms with Gasteiger partial charge >= 0.3 is 0 Å². The Hall–Kier alpha value is -0.0800. The van der Waals surface area contributed by atoms with Gasteiger partial charge in [0.15, 0.2) is 0 Å². The molecule has 0 aromatic carbocycles. The molecule has 2 heteroatoms. The van der Waals surface area contributed by atoms with E-state index in [0.29, 0.717) is 5.41 Å². The van der Waals surface area contributed by atoms with Gasteiger partial charge in [0.2, 0.25) is 0 Å². The van der Waals surface area contributed by atoms with Crippen LogP contribution in [0.15, 0.2) is 0 Å². The first-order chi connectivity index (χ1) is 8.11. The quantitative estimate of drug-likeness (QED) is 0.721. The molecule has 100 valence electrons. The molecule has 2 nitrogen and oxygen atoms in total. The minimum absolute atomic E-state index is 0.349. The maximum atomic E-state index is 5.76. The summed E-state index contributed by atoms with van der Waals surface area (Å²) in [6.45, 7) is 9.50. The average Bonchev–Trinajstić information content (AvgIpc) is 2.84. The third-order valence-corrected chi connectivity index (χ3v) is 4.93. The summed E-state index contributed by atoms with van der Waals surface area (Å²) in [6, 6.07) is 0. The van der Waals surface area contributed by atoms with Crippen molar-refractivity contribution in [3.63, 3.8) is 0 Å². The van der Waals surface area contributed by atoms with Crippen molar-refractivity contribution in [2.24, 2.45) is 23.0 Å². The van der Waals surface area contributed by atoms with E-state index in [1.807, 2.05) is 0 Å². The number of hydrogen-bond donors (Lipinski definition) is 1. The van der Waals surface area contributed by atoms with Crippen LogP contribution in [0.25, 0.3) is 0 Å². The van der Waals surface area contributed by atoms with Gasteiger partial charge in [0.05, 0.1) is 0 Å². The first-order valence-electron chi connectivity index (χ1n) is 7.53. The van der Waals surface area contributed by atoms with Crippen LogP contribution >= 0.6 is 0 Å². The van der Waals surface area contributed by atoms with Gasteiger partial charge in [-0.2, -0.15) is 0 Å². The molecule has 0 radical (unpaired) electrons. The molecule has 2 fully saturated rings. The van der Waals surface area contributed by atoms with Gasteiger partial charge in [0.1, 0.15) is 0 Å². The van der Waals surface area contributed by atoms with Crippen LogP contribution in [-0.2, 0) is 0 Å². The normalized spacial score (nSPS) is 29.8. The molecular formula is C15H30N2. The summed E-state index contributed by atoms with van der Waals surface area (Å²) in [5.74, 6) is 2.10. The molecule has 2 aliphatic rings. The second-order valence-electron chi connectivity index (χ2n) is 7.04. The molecular weight excluding hydrogens is 208 g/mol. The standard InChI is InChI=1S/C15H30N2/c1-15(2,12-16)8-3-4-9-17-10-13-6-5-7-14(13)11-17/h13-14H,3-12,16H2,1-2H3. The molecule has 1 aliphatic carbocycles. The van der Waals surface area contributed by atoms with Gasteiger partial charge in [0, 0.05) is 13.1 Å². The molecule has 17 heavy (non-hydrogen) atoms. The van der Waals surface area contributed by atoms with Gasteiger partial charge in [-0.25, -0.2) is 0 Å². The van der Waals surface area contributed by atoms with Crippen LogP contribution in [0.1, 0.15) is 52.4 Å². The summed E-state index contributed by atoms with van der Waals surface area (Å²) in [4.78, 5) is 2.71. The summed E-state index contributed by atoms with van der Waals surface area (Å²) in [6.07, 6.45) is 8.49. The van der Waals surface area contributed by atoms with E-state index >= 15 is 0 Å². The molecule has 2 N–H and O–H groups in total. The zero-order valence-electron chi connectivity index (χ0n) is 11.8. The van der Waals surface area contributed by atoms with Gasteiger partial charge in [-0.05, 0) is 56.0 Å². The predicted molar refractivity (Wildman–Crippen MR) is 74.0 cm³/mol. The van der Waals surface area contributed by atoms with Crippen molar-refractivity contribution in [2.45, 2.75) is 52.4 Å². The van der Waals surface area contributed by atoms with Crippen LogP contribution in [-0.4, -0.2) is 31.1 Å². The second-order valence-corrected chi connectivity index (χ2v) is 7.04. The summed E-state index contributed by atoms with van der Waals surface area (Å²) in [5.41, 5.74) is 6.11. The molecule has 2 unspecified atom stereocenters. The maximum Gasteiger partial charge on any atom is 0.00129 e. The Labute approximate surface area is 107 Å². The molecule has 1 aliphatic heterocycles. The zero-order valence-corrected chi connectivity index (χ0v) is 11.8. The van der Waals surface area contributed by atoms with Gasteiger partial charge in [-0.3, -0.25) is 0 Å². The van der Waals surface area contributed by atoms with Gasteiger partial charge in [0.25, 0.3) is 0 Å². The Bertz CT molecular complexity index is 225. The van der Waals surface area contributed by atoms with E-state index in [0.717, 1.165) is 18.4 Å². The van der Waals surface area contributed by atoms with E-state index < -0.39 is 0 Å². The summed E-state index contributed by atoms with van der Waals surface area (Å²) >= 11 is 0. The Kier molecular flexibility index (Phi) is 4.48. The fraction of sp³-hybridized carbons (Fsp3) is 1.00. The van der Waals surface area contributed by atoms with E-state index in [1.54, 1.807) is 0 Å². The van der Waals surface area contributed by atoms with Crippen LogP contribution in [0, 0.1) is 17.3 Å². The SMILES string of the molecule is CC(C)(CN)CCCCN1CC2CCCC2C1. The third kappa shape index (κ3) is 3.69. The van der Waals surface area contributed by atoms with Crippen molar-refractivity contribution in [3.8, 4) is 0 Å². The fourth-order valence-corrected chi connectivity index (χ4v) is 3.56. The zero-order chi connectivity index (χ0) is 12.3. The Morgan fingerprint density at radius 3 is 2.35 bits per heavy atom. The molecule has 2 rings (SSSR count). The molecule has 1 saturated heterocycles. The van der Waals surface area contributed by atoms with Crippen LogP contribution in [0.3, 0.4) is 0 Å². The fourth-order valence-electron chi connectivity index (χ4n) is 3.56. The Morgan fingerprint density at radius 2 is 1.76 bits per heavy atom. The lowest BCUT2D eigenvalue weighted by molar-refractivity contribution is 0.281. The number of likely N-dealkylation sites (tertiary alicyclic amines) is 1. The second kappa shape index (κ2) is 5.71. The lowest BCUT2D eigenvalue weighted by atomic mass is 9.87. The van der Waals surface area contributed by atoms with Crippen molar-refractivity contribution in [1.82, 2.24) is 4.90 Å². The summed E-state index contributed by atoms with van der Waals surface area (Å²) in [5, 5.41) is 0. The van der Waals surface area contributed by atoms with Crippen molar-refractivity contribution in [3.05, 3.63) is 0 Å². The number of unbranched alkanes of at least 4 members (excludes halogenated alkanes) is 1. The highest BCUT2D eigenvalue weighted by Gasteiger charge is 2.35. The highest BCUT2D eigenvalue weighted by Crippen LogP contribution is 2.37. The summed E-state index contributed by atoms with van der Waals surface area (Å²) in [7, 11) is 0. The Balaban J connectivity index is 1.57. The van der Waals surface area contributed by atoms with Crippen molar-refractivity contribution in [2.75, 3.05) is 26.2 Å². The lowest BCUT2D eigenvalue weighted by Gasteiger charge is -2.23. The number of rotatable bonds is 6. The van der Waals surface area contributed by atoms with Gasteiger partial charge in [-0.1, -0.05) is 26.7 Å². The van der Waals surface area contributed by atoms with Crippen LogP contribution in [0.5, 0.6) is 0 Å². The van der Waals surface area contributed by atoms with E-state index in [2.05, 4.69) is 18.7 Å². The average molecular weight is 238 g/mol. The Morgan fingerprint density at radius 1 is 1.12 bits per heavy atom. The van der Waals surface area contributed by atoms with E-state index in [-0.39, 0.29) is 0 Å². The predicted octanol–water partition coefficient (Wildman–Crippen LogP) is 2.87. The smallest absolute Gasteiger partial charge is 0.00129 e. The molecule has 0 aromatic heterocycles.